The van der Waals surface area contributed by atoms with Gasteiger partial charge in [0.05, 0.1) is 6.61 Å². The molecule has 0 radical (unpaired) electrons. The second-order valence-electron chi connectivity index (χ2n) is 6.55. The summed E-state index contributed by atoms with van der Waals surface area (Å²) in [4.78, 5) is 4.97. The third kappa shape index (κ3) is 5.67. The van der Waals surface area contributed by atoms with Crippen LogP contribution in [0.3, 0.4) is 0 Å². The molecule has 1 unspecified atom stereocenters. The van der Waals surface area contributed by atoms with Crippen LogP contribution in [0, 0.1) is 0 Å². The Hall–Kier alpha value is -1.15. The zero-order chi connectivity index (χ0) is 17.6. The van der Waals surface area contributed by atoms with Crippen molar-refractivity contribution in [3.8, 4) is 11.5 Å². The van der Waals surface area contributed by atoms with Gasteiger partial charge in [-0.05, 0) is 37.6 Å². The van der Waals surface area contributed by atoms with E-state index in [9.17, 15) is 8.78 Å². The summed E-state index contributed by atoms with van der Waals surface area (Å²) in [6.07, 6.45) is 1.24. The summed E-state index contributed by atoms with van der Waals surface area (Å²) >= 11 is 0. The maximum absolute atomic E-state index is 12.5. The highest BCUT2D eigenvalue weighted by molar-refractivity contribution is 5.85. The highest BCUT2D eigenvalue weighted by atomic mass is 35.5. The van der Waals surface area contributed by atoms with Gasteiger partial charge in [-0.3, -0.25) is 9.80 Å². The smallest absolute Gasteiger partial charge is 0.387 e. The lowest BCUT2D eigenvalue weighted by Crippen LogP contribution is -2.50. The lowest BCUT2D eigenvalue weighted by atomic mass is 10.1. The summed E-state index contributed by atoms with van der Waals surface area (Å²) in [5.41, 5.74) is 1.06. The van der Waals surface area contributed by atoms with Crippen LogP contribution in [0.15, 0.2) is 18.2 Å². The first-order chi connectivity index (χ1) is 12.2. The number of hydrogen-bond donors (Lipinski definition) is 1. The van der Waals surface area contributed by atoms with Crippen molar-refractivity contribution in [2.24, 2.45) is 0 Å². The molecule has 0 amide bonds. The number of piperazine rings is 1. The van der Waals surface area contributed by atoms with Crippen LogP contribution in [-0.4, -0.2) is 68.3 Å². The molecule has 2 fully saturated rings. The number of hydrogen-bond acceptors (Lipinski definition) is 5. The Labute approximate surface area is 160 Å². The molecule has 148 valence electrons. The van der Waals surface area contributed by atoms with Crippen molar-refractivity contribution < 1.29 is 18.3 Å². The molecule has 2 saturated heterocycles. The molecule has 0 bridgehead atoms. The van der Waals surface area contributed by atoms with Crippen molar-refractivity contribution >= 4 is 12.4 Å². The van der Waals surface area contributed by atoms with Crippen LogP contribution in [0.4, 0.5) is 8.78 Å². The minimum atomic E-state index is -2.84. The Kier molecular flexibility index (Phi) is 8.34. The highest BCUT2D eigenvalue weighted by Crippen LogP contribution is 2.30. The third-order valence-corrected chi connectivity index (χ3v) is 4.89. The topological polar surface area (TPSA) is 37.0 Å². The molecule has 0 saturated carbocycles. The van der Waals surface area contributed by atoms with Crippen LogP contribution >= 0.6 is 12.4 Å². The molecule has 1 aromatic carbocycles. The molecule has 2 aliphatic rings. The molecule has 0 aromatic heterocycles. The van der Waals surface area contributed by atoms with Gasteiger partial charge < -0.3 is 14.8 Å². The van der Waals surface area contributed by atoms with Gasteiger partial charge >= 0.3 is 6.61 Å². The fourth-order valence-electron chi connectivity index (χ4n) is 3.61. The first kappa shape index (κ1) is 21.2. The molecule has 0 spiro atoms. The number of alkyl halides is 2. The van der Waals surface area contributed by atoms with Crippen LogP contribution in [-0.2, 0) is 6.54 Å². The summed E-state index contributed by atoms with van der Waals surface area (Å²) in [6.45, 7) is 6.63. The predicted octanol–water partition coefficient (Wildman–Crippen LogP) is 2.59. The first-order valence-electron chi connectivity index (χ1n) is 9.03. The number of nitrogens with zero attached hydrogens (tertiary/aromatic N) is 2. The van der Waals surface area contributed by atoms with Crippen molar-refractivity contribution in [1.82, 2.24) is 15.1 Å². The molecule has 3 rings (SSSR count). The summed E-state index contributed by atoms with van der Waals surface area (Å²) in [5.74, 6) is 0.482. The average molecular weight is 392 g/mol. The van der Waals surface area contributed by atoms with Crippen molar-refractivity contribution in [3.63, 3.8) is 0 Å². The fourth-order valence-corrected chi connectivity index (χ4v) is 3.61. The van der Waals surface area contributed by atoms with Gasteiger partial charge in [-0.2, -0.15) is 8.78 Å². The van der Waals surface area contributed by atoms with Gasteiger partial charge in [0.25, 0.3) is 0 Å². The van der Waals surface area contributed by atoms with Crippen molar-refractivity contribution in [2.45, 2.75) is 32.5 Å². The molecule has 1 atom stereocenters. The Morgan fingerprint density at radius 2 is 1.96 bits per heavy atom. The van der Waals surface area contributed by atoms with Gasteiger partial charge in [-0.15, -0.1) is 12.4 Å². The normalized spacial score (nSPS) is 21.6. The maximum Gasteiger partial charge on any atom is 0.387 e. The third-order valence-electron chi connectivity index (χ3n) is 4.89. The van der Waals surface area contributed by atoms with Gasteiger partial charge in [0.2, 0.25) is 0 Å². The molecule has 5 nitrogen and oxygen atoms in total. The number of ether oxygens (including phenoxy) is 2. The van der Waals surface area contributed by atoms with Gasteiger partial charge in [-0.25, -0.2) is 0 Å². The summed E-state index contributed by atoms with van der Waals surface area (Å²) in [5, 5.41) is 3.42. The number of halogens is 3. The Bertz CT molecular complexity index is 551. The van der Waals surface area contributed by atoms with Gasteiger partial charge in [-0.1, -0.05) is 6.07 Å². The summed E-state index contributed by atoms with van der Waals surface area (Å²) < 4.78 is 35.0. The van der Waals surface area contributed by atoms with E-state index < -0.39 is 6.61 Å². The first-order valence-corrected chi connectivity index (χ1v) is 9.03. The largest absolute Gasteiger partial charge is 0.490 e. The van der Waals surface area contributed by atoms with Crippen molar-refractivity contribution in [2.75, 3.05) is 45.9 Å². The molecule has 2 heterocycles. The number of rotatable bonds is 7. The Balaban J connectivity index is 0.00000243. The van der Waals surface area contributed by atoms with Crippen LogP contribution in [0.1, 0.15) is 18.9 Å². The van der Waals surface area contributed by atoms with Gasteiger partial charge in [0, 0.05) is 45.3 Å². The SMILES string of the molecule is CCOc1cc(CN2CCN(C3CCNC3)CC2)ccc1OC(F)F.Cl. The summed E-state index contributed by atoms with van der Waals surface area (Å²) in [6, 6.07) is 5.91. The quantitative estimate of drug-likeness (QED) is 0.773. The second-order valence-corrected chi connectivity index (χ2v) is 6.55. The predicted molar refractivity (Wildman–Crippen MR) is 99.6 cm³/mol. The zero-order valence-corrected chi connectivity index (χ0v) is 15.9. The Morgan fingerprint density at radius 3 is 2.58 bits per heavy atom. The average Bonchev–Trinajstić information content (AvgIpc) is 3.12. The van der Waals surface area contributed by atoms with Gasteiger partial charge in [0.15, 0.2) is 11.5 Å². The van der Waals surface area contributed by atoms with Crippen LogP contribution < -0.4 is 14.8 Å². The lowest BCUT2D eigenvalue weighted by Gasteiger charge is -2.37. The van der Waals surface area contributed by atoms with Crippen molar-refractivity contribution in [3.05, 3.63) is 23.8 Å². The monoisotopic (exact) mass is 391 g/mol. The molecule has 26 heavy (non-hydrogen) atoms. The van der Waals surface area contributed by atoms with E-state index in [2.05, 4.69) is 19.9 Å². The van der Waals surface area contributed by atoms with E-state index in [1.165, 1.54) is 6.42 Å². The fraction of sp³-hybridized carbons (Fsp3) is 0.667. The highest BCUT2D eigenvalue weighted by Gasteiger charge is 2.26. The van der Waals surface area contributed by atoms with E-state index in [1.807, 2.05) is 19.1 Å². The minimum Gasteiger partial charge on any atom is -0.490 e. The minimum absolute atomic E-state index is 0. The van der Waals surface area contributed by atoms with E-state index in [1.54, 1.807) is 6.07 Å². The lowest BCUT2D eigenvalue weighted by molar-refractivity contribution is -0.0514. The summed E-state index contributed by atoms with van der Waals surface area (Å²) in [7, 11) is 0. The maximum atomic E-state index is 12.5. The molecule has 1 aromatic rings. The van der Waals surface area contributed by atoms with Gasteiger partial charge in [0.1, 0.15) is 0 Å². The standard InChI is InChI=1S/C18H27F2N3O2.ClH/c1-2-24-17-11-14(3-4-16(17)25-18(19)20)13-22-7-9-23(10-8-22)15-5-6-21-12-15;/h3-4,11,15,18,21H,2,5-10,12-13H2,1H3;1H. The zero-order valence-electron chi connectivity index (χ0n) is 15.1. The van der Waals surface area contributed by atoms with E-state index in [0.29, 0.717) is 18.4 Å². The van der Waals surface area contributed by atoms with E-state index in [0.717, 1.165) is 51.4 Å². The van der Waals surface area contributed by atoms with Crippen molar-refractivity contribution in [1.29, 1.82) is 0 Å². The van der Waals surface area contributed by atoms with Crippen LogP contribution in [0.2, 0.25) is 0 Å². The molecular weight excluding hydrogens is 364 g/mol. The van der Waals surface area contributed by atoms with E-state index >= 15 is 0 Å². The molecular formula is C18H28ClF2N3O2. The number of benzene rings is 1. The molecule has 1 N–H and O–H groups in total. The second kappa shape index (κ2) is 10.3. The van der Waals surface area contributed by atoms with Crippen LogP contribution in [0.5, 0.6) is 11.5 Å². The molecule has 0 aliphatic carbocycles. The Morgan fingerprint density at radius 1 is 1.19 bits per heavy atom. The van der Waals surface area contributed by atoms with E-state index in [4.69, 9.17) is 4.74 Å². The molecule has 2 aliphatic heterocycles. The van der Waals surface area contributed by atoms with E-state index in [-0.39, 0.29) is 18.2 Å². The number of nitrogens with one attached hydrogen (secondary N) is 1. The molecule has 8 heteroatoms. The van der Waals surface area contributed by atoms with Crippen LogP contribution in [0.25, 0.3) is 0 Å².